The lowest BCUT2D eigenvalue weighted by Gasteiger charge is -2.24. The smallest absolute Gasteiger partial charge is 0.326 e. The Kier molecular flexibility index (Phi) is 3.89. The minimum Gasteiger partial charge on any atom is -0.326 e. The summed E-state index contributed by atoms with van der Waals surface area (Å²) >= 11 is 0. The lowest BCUT2D eigenvalue weighted by atomic mass is 9.82. The van der Waals surface area contributed by atoms with E-state index in [1.807, 2.05) is 0 Å². The third-order valence-electron chi connectivity index (χ3n) is 5.65. The Morgan fingerprint density at radius 1 is 1.16 bits per heavy atom. The summed E-state index contributed by atoms with van der Waals surface area (Å²) in [6.45, 7) is 0. The Labute approximate surface area is 143 Å². The van der Waals surface area contributed by atoms with Gasteiger partial charge < -0.3 is 5.32 Å². The van der Waals surface area contributed by atoms with Crippen LogP contribution in [0.15, 0.2) is 29.8 Å². The van der Waals surface area contributed by atoms with E-state index in [1.165, 1.54) is 11.6 Å². The molecular weight excluding hydrogens is 334 g/mol. The van der Waals surface area contributed by atoms with Crippen molar-refractivity contribution in [3.63, 3.8) is 0 Å². The van der Waals surface area contributed by atoms with Crippen LogP contribution < -0.4 is 5.32 Å². The highest BCUT2D eigenvalue weighted by molar-refractivity contribution is 5.95. The van der Waals surface area contributed by atoms with E-state index in [1.54, 1.807) is 0 Å². The number of benzene rings is 1. The largest absolute Gasteiger partial charge is 0.419 e. The Hall–Kier alpha value is -1.85. The lowest BCUT2D eigenvalue weighted by Crippen LogP contribution is -2.29. The van der Waals surface area contributed by atoms with Crippen LogP contribution in [0, 0.1) is 29.5 Å². The number of alkyl halides is 3. The summed E-state index contributed by atoms with van der Waals surface area (Å²) in [5.74, 6) is -0.567. The molecule has 25 heavy (non-hydrogen) atoms. The molecule has 0 aliphatic heterocycles. The van der Waals surface area contributed by atoms with Gasteiger partial charge in [0.05, 0.1) is 11.5 Å². The Morgan fingerprint density at radius 3 is 2.60 bits per heavy atom. The van der Waals surface area contributed by atoms with Gasteiger partial charge in [0, 0.05) is 5.69 Å². The van der Waals surface area contributed by atoms with Gasteiger partial charge in [-0.2, -0.15) is 13.2 Å². The topological polar surface area (TPSA) is 29.1 Å². The molecule has 1 amide bonds. The van der Waals surface area contributed by atoms with E-state index in [4.69, 9.17) is 0 Å². The van der Waals surface area contributed by atoms with Crippen molar-refractivity contribution < 1.29 is 22.4 Å². The van der Waals surface area contributed by atoms with E-state index in [0.717, 1.165) is 38.2 Å². The summed E-state index contributed by atoms with van der Waals surface area (Å²) in [5.41, 5.74) is -0.186. The lowest BCUT2D eigenvalue weighted by molar-refractivity contribution is -0.140. The fraction of sp³-hybridized carbons (Fsp3) is 0.526. The van der Waals surface area contributed by atoms with Gasteiger partial charge in [0.25, 0.3) is 0 Å². The molecule has 0 aromatic heterocycles. The van der Waals surface area contributed by atoms with Crippen LogP contribution in [0.25, 0.3) is 0 Å². The molecule has 1 aromatic carbocycles. The van der Waals surface area contributed by atoms with Crippen LogP contribution in [0.2, 0.25) is 0 Å². The zero-order chi connectivity index (χ0) is 17.8. The molecule has 3 unspecified atom stereocenters. The number of nitrogens with one attached hydrogen (secondary N) is 1. The first-order chi connectivity index (χ1) is 11.8. The predicted octanol–water partition coefficient (Wildman–Crippen LogP) is 5.17. The number of rotatable bonds is 3. The monoisotopic (exact) mass is 353 g/mol. The molecule has 3 fully saturated rings. The molecule has 3 aliphatic carbocycles. The highest BCUT2D eigenvalue weighted by Gasteiger charge is 2.47. The van der Waals surface area contributed by atoms with Crippen LogP contribution in [0.4, 0.5) is 23.2 Å². The summed E-state index contributed by atoms with van der Waals surface area (Å²) in [7, 11) is 0. The van der Waals surface area contributed by atoms with Gasteiger partial charge in [-0.3, -0.25) is 4.79 Å². The summed E-state index contributed by atoms with van der Waals surface area (Å²) in [4.78, 5) is 12.7. The molecular formula is C19H19F4NO. The second-order valence-corrected chi connectivity index (χ2v) is 7.43. The van der Waals surface area contributed by atoms with Crippen molar-refractivity contribution in [1.29, 1.82) is 0 Å². The summed E-state index contributed by atoms with van der Waals surface area (Å²) < 4.78 is 51.9. The molecule has 1 N–H and O–H groups in total. The molecule has 2 nitrogen and oxygen atoms in total. The fourth-order valence-corrected chi connectivity index (χ4v) is 4.33. The normalized spacial score (nSPS) is 30.1. The first-order valence-electron chi connectivity index (χ1n) is 8.72. The average molecular weight is 353 g/mol. The molecule has 0 saturated heterocycles. The molecule has 3 atom stereocenters. The first-order valence-corrected chi connectivity index (χ1v) is 8.72. The molecule has 1 aromatic rings. The number of carbonyl (C=O) groups is 1. The molecule has 3 aliphatic rings. The standard InChI is InChI=1S/C19H19F4NO/c20-16-6-5-13(9-15(16)19(21,22)23)24-18(25)17-12-4-3-11(8-12)14(17)7-10-1-2-10/h5-7,9-12,17H,1-4,8H2,(H,24,25). The van der Waals surface area contributed by atoms with Crippen molar-refractivity contribution in [2.45, 2.75) is 38.3 Å². The molecule has 2 bridgehead atoms. The number of allylic oxidation sites excluding steroid dienone is 1. The van der Waals surface area contributed by atoms with Crippen LogP contribution in [-0.4, -0.2) is 5.91 Å². The van der Waals surface area contributed by atoms with E-state index in [2.05, 4.69) is 11.4 Å². The van der Waals surface area contributed by atoms with Crippen LogP contribution in [0.1, 0.15) is 37.7 Å². The van der Waals surface area contributed by atoms with Gasteiger partial charge in [-0.15, -0.1) is 0 Å². The van der Waals surface area contributed by atoms with Crippen LogP contribution in [0.3, 0.4) is 0 Å². The number of amides is 1. The van der Waals surface area contributed by atoms with Crippen molar-refractivity contribution in [1.82, 2.24) is 0 Å². The quantitative estimate of drug-likeness (QED) is 0.590. The summed E-state index contributed by atoms with van der Waals surface area (Å²) in [6, 6.07) is 2.60. The summed E-state index contributed by atoms with van der Waals surface area (Å²) in [6.07, 6.45) is 2.83. The van der Waals surface area contributed by atoms with Crippen molar-refractivity contribution >= 4 is 11.6 Å². The van der Waals surface area contributed by atoms with E-state index in [0.29, 0.717) is 17.9 Å². The fourth-order valence-electron chi connectivity index (χ4n) is 4.33. The number of fused-ring (bicyclic) bond motifs is 2. The number of carbonyl (C=O) groups excluding carboxylic acids is 1. The maximum absolute atomic E-state index is 13.4. The Balaban J connectivity index is 1.56. The minimum atomic E-state index is -4.78. The predicted molar refractivity (Wildman–Crippen MR) is 85.2 cm³/mol. The maximum Gasteiger partial charge on any atom is 0.419 e. The molecule has 134 valence electrons. The molecule has 3 saturated carbocycles. The highest BCUT2D eigenvalue weighted by Crippen LogP contribution is 2.53. The molecule has 0 radical (unpaired) electrons. The maximum atomic E-state index is 13.4. The van der Waals surface area contributed by atoms with Crippen LogP contribution >= 0.6 is 0 Å². The van der Waals surface area contributed by atoms with Crippen molar-refractivity contribution in [3.8, 4) is 0 Å². The van der Waals surface area contributed by atoms with Crippen molar-refractivity contribution in [2.24, 2.45) is 23.7 Å². The van der Waals surface area contributed by atoms with E-state index >= 15 is 0 Å². The molecule has 6 heteroatoms. The second kappa shape index (κ2) is 5.85. The van der Waals surface area contributed by atoms with Crippen LogP contribution in [-0.2, 0) is 11.0 Å². The molecule has 0 spiro atoms. The van der Waals surface area contributed by atoms with Crippen molar-refractivity contribution in [3.05, 3.63) is 41.2 Å². The summed E-state index contributed by atoms with van der Waals surface area (Å²) in [5, 5.41) is 2.59. The van der Waals surface area contributed by atoms with Gasteiger partial charge >= 0.3 is 6.18 Å². The number of halogens is 4. The van der Waals surface area contributed by atoms with Gasteiger partial charge in [0.15, 0.2) is 0 Å². The zero-order valence-electron chi connectivity index (χ0n) is 13.6. The SMILES string of the molecule is O=C(Nc1ccc(F)c(C(F)(F)F)c1)C1C(=CC2CC2)C2CCC1C2. The average Bonchev–Trinajstić information content (AvgIpc) is 3.12. The first kappa shape index (κ1) is 16.6. The molecule has 0 heterocycles. The van der Waals surface area contributed by atoms with Gasteiger partial charge in [-0.1, -0.05) is 11.6 Å². The van der Waals surface area contributed by atoms with Crippen molar-refractivity contribution in [2.75, 3.05) is 5.32 Å². The number of anilines is 1. The highest BCUT2D eigenvalue weighted by atomic mass is 19.4. The minimum absolute atomic E-state index is 0.00716. The van der Waals surface area contributed by atoms with E-state index < -0.39 is 17.6 Å². The Bertz CT molecular complexity index is 735. The van der Waals surface area contributed by atoms with E-state index in [9.17, 15) is 22.4 Å². The van der Waals surface area contributed by atoms with Gasteiger partial charge in [0.2, 0.25) is 5.91 Å². The number of hydrogen-bond acceptors (Lipinski definition) is 1. The van der Waals surface area contributed by atoms with E-state index in [-0.39, 0.29) is 23.4 Å². The van der Waals surface area contributed by atoms with Gasteiger partial charge in [-0.05, 0) is 68.1 Å². The number of hydrogen-bond donors (Lipinski definition) is 1. The third kappa shape index (κ3) is 3.18. The Morgan fingerprint density at radius 2 is 1.92 bits per heavy atom. The second-order valence-electron chi connectivity index (χ2n) is 7.43. The third-order valence-corrected chi connectivity index (χ3v) is 5.65. The molecule has 4 rings (SSSR count). The van der Waals surface area contributed by atoms with Crippen LogP contribution in [0.5, 0.6) is 0 Å². The van der Waals surface area contributed by atoms with Gasteiger partial charge in [0.1, 0.15) is 5.82 Å². The zero-order valence-corrected chi connectivity index (χ0v) is 13.6. The van der Waals surface area contributed by atoms with Gasteiger partial charge in [-0.25, -0.2) is 4.39 Å².